The molecule has 0 spiro atoms. The molecule has 60 heavy (non-hydrogen) atoms. The summed E-state index contributed by atoms with van der Waals surface area (Å²) in [7, 11) is 0. The van der Waals surface area contributed by atoms with Gasteiger partial charge in [-0.3, -0.25) is 4.57 Å². The van der Waals surface area contributed by atoms with E-state index in [0.717, 1.165) is 76.0 Å². The summed E-state index contributed by atoms with van der Waals surface area (Å²) in [6, 6.07) is 67.0. The lowest BCUT2D eigenvalue weighted by Crippen LogP contribution is -2.30. The zero-order valence-corrected chi connectivity index (χ0v) is 33.9. The summed E-state index contributed by atoms with van der Waals surface area (Å²) in [4.78, 5) is 18.3. The Labute approximate surface area is 351 Å². The maximum Gasteiger partial charge on any atom is 0.235 e. The molecule has 6 heteroatoms. The third-order valence-corrected chi connectivity index (χ3v) is 13.3. The van der Waals surface area contributed by atoms with Gasteiger partial charge < -0.3 is 4.90 Å². The first-order valence-electron chi connectivity index (χ1n) is 20.4. The molecule has 8 aromatic carbocycles. The van der Waals surface area contributed by atoms with Crippen LogP contribution in [0.5, 0.6) is 0 Å². The lowest BCUT2D eigenvalue weighted by Gasteiger charge is -2.42. The molecule has 0 N–H and O–H groups in total. The van der Waals surface area contributed by atoms with Gasteiger partial charge in [-0.25, -0.2) is 15.0 Å². The Morgan fingerprint density at radius 1 is 0.467 bits per heavy atom. The number of benzene rings is 8. The average molecular weight is 788 g/mol. The van der Waals surface area contributed by atoms with Crippen LogP contribution in [0.15, 0.2) is 188 Å². The van der Waals surface area contributed by atoms with Gasteiger partial charge in [-0.2, -0.15) is 0 Å². The molecule has 284 valence electrons. The summed E-state index contributed by atoms with van der Waals surface area (Å²) in [5.41, 5.74) is 15.3. The molecule has 0 aliphatic carbocycles. The van der Waals surface area contributed by atoms with E-state index in [0.29, 0.717) is 5.95 Å². The van der Waals surface area contributed by atoms with Gasteiger partial charge in [-0.15, -0.1) is 11.3 Å². The summed E-state index contributed by atoms with van der Waals surface area (Å²) >= 11 is 1.72. The van der Waals surface area contributed by atoms with Crippen molar-refractivity contribution in [2.45, 2.75) is 19.3 Å². The second-order valence-electron chi connectivity index (χ2n) is 16.1. The molecule has 3 aromatic heterocycles. The summed E-state index contributed by atoms with van der Waals surface area (Å²) in [5, 5.41) is 4.30. The topological polar surface area (TPSA) is 46.8 Å². The van der Waals surface area contributed by atoms with Gasteiger partial charge in [0.1, 0.15) is 5.01 Å². The Balaban J connectivity index is 1.10. The normalized spacial score (nSPS) is 13.3. The van der Waals surface area contributed by atoms with Crippen LogP contribution in [0.3, 0.4) is 0 Å². The average Bonchev–Trinajstić information content (AvgIpc) is 3.89. The highest BCUT2D eigenvalue weighted by molar-refractivity contribution is 7.22. The summed E-state index contributed by atoms with van der Waals surface area (Å²) < 4.78 is 3.38. The van der Waals surface area contributed by atoms with Crippen molar-refractivity contribution < 1.29 is 0 Å². The highest BCUT2D eigenvalue weighted by atomic mass is 32.1. The first kappa shape index (κ1) is 34.6. The van der Waals surface area contributed by atoms with Crippen LogP contribution in [0.4, 0.5) is 17.1 Å². The van der Waals surface area contributed by atoms with Crippen molar-refractivity contribution in [2.24, 2.45) is 0 Å². The molecule has 1 aliphatic rings. The molecule has 4 heterocycles. The predicted octanol–water partition coefficient (Wildman–Crippen LogP) is 14.4. The van der Waals surface area contributed by atoms with Crippen molar-refractivity contribution in [3.8, 4) is 38.9 Å². The number of fused-ring (bicyclic) bond motifs is 8. The van der Waals surface area contributed by atoms with E-state index in [1.165, 1.54) is 28.1 Å². The van der Waals surface area contributed by atoms with Crippen LogP contribution in [-0.4, -0.2) is 19.5 Å². The van der Waals surface area contributed by atoms with Crippen molar-refractivity contribution >= 4 is 71.3 Å². The van der Waals surface area contributed by atoms with E-state index in [4.69, 9.17) is 15.0 Å². The van der Waals surface area contributed by atoms with E-state index in [-0.39, 0.29) is 5.41 Å². The number of hydrogen-bond acceptors (Lipinski definition) is 5. The van der Waals surface area contributed by atoms with Gasteiger partial charge in [0.05, 0.1) is 43.8 Å². The van der Waals surface area contributed by atoms with Crippen LogP contribution in [0.2, 0.25) is 0 Å². The van der Waals surface area contributed by atoms with Gasteiger partial charge in [0.2, 0.25) is 5.95 Å². The molecule has 5 nitrogen and oxygen atoms in total. The van der Waals surface area contributed by atoms with Crippen molar-refractivity contribution in [2.75, 3.05) is 4.90 Å². The SMILES string of the molecule is CC1(C)c2ccccc2N(c2ccccc2)c2ccc(-c3ccc4c(c3)c3ccc5nc(-c6ccccc6)sc5c3n4-c3nc(-c4ccccc4)c4ccccc4n3)cc21. The molecule has 0 atom stereocenters. The predicted molar refractivity (Wildman–Crippen MR) is 250 cm³/mol. The fraction of sp³-hybridized carbons (Fsp3) is 0.0556. The maximum absolute atomic E-state index is 5.41. The first-order valence-corrected chi connectivity index (χ1v) is 21.2. The summed E-state index contributed by atoms with van der Waals surface area (Å²) in [6.45, 7) is 4.70. The fourth-order valence-corrected chi connectivity index (χ4v) is 10.4. The van der Waals surface area contributed by atoms with Crippen LogP contribution in [0, 0.1) is 0 Å². The van der Waals surface area contributed by atoms with Gasteiger partial charge in [0.25, 0.3) is 0 Å². The van der Waals surface area contributed by atoms with Crippen molar-refractivity contribution in [1.82, 2.24) is 19.5 Å². The van der Waals surface area contributed by atoms with E-state index in [2.05, 4.69) is 199 Å². The van der Waals surface area contributed by atoms with E-state index < -0.39 is 0 Å². The summed E-state index contributed by atoms with van der Waals surface area (Å²) in [6.07, 6.45) is 0. The molecule has 1 aliphatic heterocycles. The summed E-state index contributed by atoms with van der Waals surface area (Å²) in [5.74, 6) is 0.637. The quantitative estimate of drug-likeness (QED) is 0.174. The number of nitrogens with zero attached hydrogens (tertiary/aromatic N) is 5. The lowest BCUT2D eigenvalue weighted by molar-refractivity contribution is 0.632. The monoisotopic (exact) mass is 787 g/mol. The fourth-order valence-electron chi connectivity index (χ4n) is 9.29. The Kier molecular flexibility index (Phi) is 7.68. The van der Waals surface area contributed by atoms with Crippen LogP contribution in [0.1, 0.15) is 25.0 Å². The molecule has 0 radical (unpaired) electrons. The number of thiazole rings is 1. The first-order chi connectivity index (χ1) is 29.5. The maximum atomic E-state index is 5.41. The second kappa shape index (κ2) is 13.3. The molecule has 0 bridgehead atoms. The Morgan fingerprint density at radius 3 is 1.95 bits per heavy atom. The van der Waals surface area contributed by atoms with E-state index >= 15 is 0 Å². The Morgan fingerprint density at radius 2 is 1.13 bits per heavy atom. The minimum atomic E-state index is -0.217. The molecule has 11 aromatic rings. The van der Waals surface area contributed by atoms with Crippen LogP contribution < -0.4 is 4.90 Å². The van der Waals surface area contributed by atoms with Crippen molar-refractivity contribution in [3.63, 3.8) is 0 Å². The molecule has 0 unspecified atom stereocenters. The van der Waals surface area contributed by atoms with Crippen molar-refractivity contribution in [3.05, 3.63) is 199 Å². The lowest BCUT2D eigenvalue weighted by atomic mass is 9.73. The van der Waals surface area contributed by atoms with Gasteiger partial charge in [-0.05, 0) is 82.9 Å². The number of para-hydroxylation sites is 3. The zero-order valence-electron chi connectivity index (χ0n) is 33.0. The van der Waals surface area contributed by atoms with Crippen LogP contribution in [-0.2, 0) is 5.41 Å². The molecule has 0 saturated heterocycles. The van der Waals surface area contributed by atoms with E-state index in [9.17, 15) is 0 Å². The number of rotatable bonds is 5. The van der Waals surface area contributed by atoms with Gasteiger partial charge >= 0.3 is 0 Å². The number of aromatic nitrogens is 4. The Hall–Kier alpha value is -7.41. The van der Waals surface area contributed by atoms with Gasteiger partial charge in [-0.1, -0.05) is 141 Å². The minimum Gasteiger partial charge on any atom is -0.310 e. The standard InChI is InChI=1S/C54H37N5S/c1-54(2)42-23-13-15-25-47(42)58(38-20-10-5-11-21-38)48-31-27-37(33-43(48)54)36-26-30-46-41(32-36)39-28-29-45-51(60-52(55-45)35-18-8-4-9-19-35)50(39)59(46)53-56-44-24-14-12-22-40(44)49(57-53)34-16-6-3-7-17-34/h3-33H,1-2H3. The highest BCUT2D eigenvalue weighted by Gasteiger charge is 2.37. The third kappa shape index (κ3) is 5.27. The minimum absolute atomic E-state index is 0.217. The van der Waals surface area contributed by atoms with Gasteiger partial charge in [0.15, 0.2) is 0 Å². The van der Waals surface area contributed by atoms with E-state index in [1.54, 1.807) is 11.3 Å². The molecule has 12 rings (SSSR count). The second-order valence-corrected chi connectivity index (χ2v) is 17.1. The van der Waals surface area contributed by atoms with Gasteiger partial charge in [0, 0.05) is 38.4 Å². The largest absolute Gasteiger partial charge is 0.310 e. The number of anilines is 3. The van der Waals surface area contributed by atoms with Crippen LogP contribution >= 0.6 is 11.3 Å². The molecule has 0 saturated carbocycles. The molecular weight excluding hydrogens is 751 g/mol. The Bertz CT molecular complexity index is 3460. The third-order valence-electron chi connectivity index (χ3n) is 12.2. The molecule has 0 amide bonds. The smallest absolute Gasteiger partial charge is 0.235 e. The highest BCUT2D eigenvalue weighted by Crippen LogP contribution is 2.53. The molecular formula is C54H37N5S. The van der Waals surface area contributed by atoms with Crippen LogP contribution in [0.25, 0.3) is 81.8 Å². The number of hydrogen-bond donors (Lipinski definition) is 0. The van der Waals surface area contributed by atoms with Crippen molar-refractivity contribution in [1.29, 1.82) is 0 Å². The molecule has 0 fully saturated rings. The zero-order chi connectivity index (χ0) is 40.0. The van der Waals surface area contributed by atoms with E-state index in [1.807, 2.05) is 12.1 Å².